The minimum atomic E-state index is -0.109. The average Bonchev–Trinajstić information content (AvgIpc) is 2.01. The van der Waals surface area contributed by atoms with E-state index < -0.39 is 0 Å². The number of rotatable bonds is 3. The third-order valence-electron chi connectivity index (χ3n) is 2.05. The molecule has 0 aromatic carbocycles. The summed E-state index contributed by atoms with van der Waals surface area (Å²) in [6.45, 7) is 6.07. The van der Waals surface area contributed by atoms with E-state index in [4.69, 9.17) is 5.73 Å². The monoisotopic (exact) mass is 179 g/mol. The molecule has 1 rings (SSSR count). The van der Waals surface area contributed by atoms with Crippen molar-refractivity contribution >= 4 is 0 Å². The zero-order valence-corrected chi connectivity index (χ0v) is 8.54. The van der Waals surface area contributed by atoms with Crippen LogP contribution in [-0.4, -0.2) is 15.5 Å². The van der Waals surface area contributed by atoms with E-state index in [0.717, 1.165) is 18.5 Å². The molecule has 0 spiro atoms. The summed E-state index contributed by atoms with van der Waals surface area (Å²) < 4.78 is 0. The summed E-state index contributed by atoms with van der Waals surface area (Å²) in [5.74, 6) is 0. The average molecular weight is 179 g/mol. The fourth-order valence-corrected chi connectivity index (χ4v) is 1.12. The molecule has 1 aromatic rings. The van der Waals surface area contributed by atoms with E-state index in [1.165, 1.54) is 5.56 Å². The van der Waals surface area contributed by atoms with Crippen LogP contribution in [0, 0.1) is 6.92 Å². The maximum atomic E-state index is 5.89. The summed E-state index contributed by atoms with van der Waals surface area (Å²) in [5.41, 5.74) is 8.03. The van der Waals surface area contributed by atoms with E-state index in [1.54, 1.807) is 6.33 Å². The normalized spacial score (nSPS) is 11.7. The van der Waals surface area contributed by atoms with Crippen molar-refractivity contribution in [1.82, 2.24) is 9.97 Å². The van der Waals surface area contributed by atoms with Crippen molar-refractivity contribution < 1.29 is 0 Å². The molecule has 72 valence electrons. The van der Waals surface area contributed by atoms with Crippen LogP contribution >= 0.6 is 0 Å². The van der Waals surface area contributed by atoms with E-state index in [2.05, 4.69) is 9.97 Å². The van der Waals surface area contributed by atoms with Crippen LogP contribution in [0.15, 0.2) is 12.5 Å². The van der Waals surface area contributed by atoms with Gasteiger partial charge in [-0.25, -0.2) is 9.97 Å². The van der Waals surface area contributed by atoms with Crippen LogP contribution in [0.4, 0.5) is 0 Å². The highest BCUT2D eigenvalue weighted by Crippen LogP contribution is 2.11. The van der Waals surface area contributed by atoms with Gasteiger partial charge in [0.05, 0.1) is 0 Å². The fraction of sp³-hybridized carbons (Fsp3) is 0.600. The van der Waals surface area contributed by atoms with E-state index in [9.17, 15) is 0 Å². The van der Waals surface area contributed by atoms with Gasteiger partial charge >= 0.3 is 0 Å². The first-order valence-electron chi connectivity index (χ1n) is 4.53. The van der Waals surface area contributed by atoms with Gasteiger partial charge < -0.3 is 5.73 Å². The van der Waals surface area contributed by atoms with Crippen LogP contribution in [0.25, 0.3) is 0 Å². The minimum absolute atomic E-state index is 0.109. The van der Waals surface area contributed by atoms with Crippen LogP contribution in [0.2, 0.25) is 0 Å². The van der Waals surface area contributed by atoms with Gasteiger partial charge in [0.2, 0.25) is 0 Å². The van der Waals surface area contributed by atoms with Crippen molar-refractivity contribution in [3.63, 3.8) is 0 Å². The molecular weight excluding hydrogens is 162 g/mol. The first-order chi connectivity index (χ1) is 5.99. The second-order valence-electron chi connectivity index (χ2n) is 4.12. The number of aromatic nitrogens is 2. The Morgan fingerprint density at radius 2 is 2.15 bits per heavy atom. The van der Waals surface area contributed by atoms with Gasteiger partial charge in [-0.05, 0) is 39.2 Å². The topological polar surface area (TPSA) is 51.8 Å². The minimum Gasteiger partial charge on any atom is -0.326 e. The molecule has 0 saturated heterocycles. The van der Waals surface area contributed by atoms with E-state index in [1.807, 2.05) is 27.0 Å². The van der Waals surface area contributed by atoms with E-state index in [0.29, 0.717) is 0 Å². The van der Waals surface area contributed by atoms with Crippen LogP contribution in [0.3, 0.4) is 0 Å². The quantitative estimate of drug-likeness (QED) is 0.764. The van der Waals surface area contributed by atoms with Crippen LogP contribution in [0.1, 0.15) is 31.5 Å². The Hall–Kier alpha value is -0.960. The predicted molar refractivity (Wildman–Crippen MR) is 53.4 cm³/mol. The first-order valence-corrected chi connectivity index (χ1v) is 4.53. The van der Waals surface area contributed by atoms with Crippen LogP contribution in [0.5, 0.6) is 0 Å². The van der Waals surface area contributed by atoms with E-state index >= 15 is 0 Å². The lowest BCUT2D eigenvalue weighted by Crippen LogP contribution is -2.32. The van der Waals surface area contributed by atoms with Gasteiger partial charge in [0, 0.05) is 17.4 Å². The number of nitrogens with two attached hydrogens (primary N) is 1. The Morgan fingerprint density at radius 3 is 2.69 bits per heavy atom. The molecule has 0 saturated carbocycles. The number of hydrogen-bond acceptors (Lipinski definition) is 3. The second-order valence-corrected chi connectivity index (χ2v) is 4.12. The van der Waals surface area contributed by atoms with Crippen molar-refractivity contribution in [3.05, 3.63) is 23.8 Å². The molecule has 1 aromatic heterocycles. The summed E-state index contributed by atoms with van der Waals surface area (Å²) in [6.07, 6.45) is 5.36. The number of nitrogens with zero attached hydrogens (tertiary/aromatic N) is 2. The molecule has 0 aliphatic rings. The van der Waals surface area contributed by atoms with Crippen molar-refractivity contribution in [1.29, 1.82) is 0 Å². The molecule has 0 fully saturated rings. The molecule has 0 radical (unpaired) electrons. The molecule has 0 bridgehead atoms. The third kappa shape index (κ3) is 3.51. The molecule has 3 nitrogen and oxygen atoms in total. The van der Waals surface area contributed by atoms with Crippen molar-refractivity contribution in [2.75, 3.05) is 0 Å². The molecule has 0 amide bonds. The second kappa shape index (κ2) is 3.83. The highest BCUT2D eigenvalue weighted by Gasteiger charge is 2.11. The fourth-order valence-electron chi connectivity index (χ4n) is 1.12. The number of aryl methyl sites for hydroxylation is 2. The lowest BCUT2D eigenvalue weighted by Gasteiger charge is -2.18. The molecule has 0 aliphatic heterocycles. The summed E-state index contributed by atoms with van der Waals surface area (Å²) in [4.78, 5) is 8.12. The van der Waals surface area contributed by atoms with Gasteiger partial charge in [0.15, 0.2) is 0 Å². The molecule has 0 aliphatic carbocycles. The predicted octanol–water partition coefficient (Wildman–Crippen LogP) is 1.45. The van der Waals surface area contributed by atoms with Crippen molar-refractivity contribution in [2.24, 2.45) is 5.73 Å². The van der Waals surface area contributed by atoms with Gasteiger partial charge in [-0.2, -0.15) is 0 Å². The summed E-state index contributed by atoms with van der Waals surface area (Å²) in [6, 6.07) is 0. The first kappa shape index (κ1) is 10.1. The van der Waals surface area contributed by atoms with Crippen molar-refractivity contribution in [2.45, 2.75) is 39.2 Å². The molecule has 13 heavy (non-hydrogen) atoms. The Morgan fingerprint density at radius 1 is 1.46 bits per heavy atom. The lowest BCUT2D eigenvalue weighted by molar-refractivity contribution is 0.475. The lowest BCUT2D eigenvalue weighted by atomic mass is 9.97. The van der Waals surface area contributed by atoms with Gasteiger partial charge in [-0.3, -0.25) is 0 Å². The molecule has 3 heteroatoms. The van der Waals surface area contributed by atoms with E-state index in [-0.39, 0.29) is 5.54 Å². The Kier molecular flexibility index (Phi) is 2.98. The summed E-state index contributed by atoms with van der Waals surface area (Å²) in [7, 11) is 0. The Labute approximate surface area is 79.4 Å². The smallest absolute Gasteiger partial charge is 0.115 e. The molecule has 0 atom stereocenters. The standard InChI is InChI=1S/C10H17N3/c1-8-9(6-12-7-13-8)4-5-10(2,3)11/h6-7H,4-5,11H2,1-3H3. The van der Waals surface area contributed by atoms with Crippen LogP contribution < -0.4 is 5.73 Å². The largest absolute Gasteiger partial charge is 0.326 e. The number of hydrogen-bond donors (Lipinski definition) is 1. The molecule has 0 unspecified atom stereocenters. The Balaban J connectivity index is 2.60. The zero-order chi connectivity index (χ0) is 9.90. The summed E-state index contributed by atoms with van der Waals surface area (Å²) in [5, 5.41) is 0. The highest BCUT2D eigenvalue weighted by atomic mass is 14.8. The molecule has 2 N–H and O–H groups in total. The van der Waals surface area contributed by atoms with Crippen LogP contribution in [-0.2, 0) is 6.42 Å². The molecular formula is C10H17N3. The third-order valence-corrected chi connectivity index (χ3v) is 2.05. The van der Waals surface area contributed by atoms with Gasteiger partial charge in [-0.1, -0.05) is 0 Å². The Bertz CT molecular complexity index is 276. The SMILES string of the molecule is Cc1ncncc1CCC(C)(C)N. The zero-order valence-electron chi connectivity index (χ0n) is 8.54. The van der Waals surface area contributed by atoms with Gasteiger partial charge in [-0.15, -0.1) is 0 Å². The maximum absolute atomic E-state index is 5.89. The maximum Gasteiger partial charge on any atom is 0.115 e. The summed E-state index contributed by atoms with van der Waals surface area (Å²) >= 11 is 0. The highest BCUT2D eigenvalue weighted by molar-refractivity contribution is 5.14. The van der Waals surface area contributed by atoms with Gasteiger partial charge in [0.25, 0.3) is 0 Å². The molecule has 1 heterocycles. The van der Waals surface area contributed by atoms with Crippen molar-refractivity contribution in [3.8, 4) is 0 Å². The van der Waals surface area contributed by atoms with Gasteiger partial charge in [0.1, 0.15) is 6.33 Å².